The highest BCUT2D eigenvalue weighted by atomic mass is 35.5. The number of fused-ring (bicyclic) bond motifs is 3. The molecule has 0 spiro atoms. The number of halogens is 2. The van der Waals surface area contributed by atoms with Crippen molar-refractivity contribution in [2.75, 3.05) is 28.2 Å². The lowest BCUT2D eigenvalue weighted by Crippen LogP contribution is -2.21. The average Bonchev–Trinajstić information content (AvgIpc) is 2.71. The first-order valence-electron chi connectivity index (χ1n) is 8.03. The Labute approximate surface area is 143 Å². The molecule has 0 aromatic rings. The van der Waals surface area contributed by atoms with Gasteiger partial charge in [-0.3, -0.25) is 4.90 Å². The number of hydrogen-bond donors (Lipinski definition) is 0. The van der Waals surface area contributed by atoms with Gasteiger partial charge in [0.15, 0.2) is 6.20 Å². The fourth-order valence-electron chi connectivity index (χ4n) is 3.93. The lowest BCUT2D eigenvalue weighted by atomic mass is 9.84. The third-order valence-electron chi connectivity index (χ3n) is 4.79. The minimum absolute atomic E-state index is 0.847. The van der Waals surface area contributed by atoms with Crippen LogP contribution >= 0.6 is 23.2 Å². The van der Waals surface area contributed by atoms with Crippen LogP contribution in [-0.4, -0.2) is 47.7 Å². The molecule has 2 fully saturated rings. The van der Waals surface area contributed by atoms with Crippen LogP contribution in [0.4, 0.5) is 0 Å². The normalized spacial score (nSPS) is 25.2. The number of nitrogens with zero attached hydrogens (tertiary/aromatic N) is 2. The van der Waals surface area contributed by atoms with E-state index in [0.717, 1.165) is 30.4 Å². The van der Waals surface area contributed by atoms with Crippen molar-refractivity contribution in [2.24, 2.45) is 0 Å². The minimum atomic E-state index is -0.853. The molecule has 3 aliphatic carbocycles. The highest BCUT2D eigenvalue weighted by Gasteiger charge is 2.60. The van der Waals surface area contributed by atoms with Crippen LogP contribution in [0.15, 0.2) is 27.9 Å². The largest absolute Gasteiger partial charge is 0.260 e. The Hall–Kier alpha value is -0.820. The zero-order valence-electron chi connectivity index (χ0n) is 13.9. The quantitative estimate of drug-likeness (QED) is 0.302. The average molecular weight is 339 g/mol. The van der Waals surface area contributed by atoms with Gasteiger partial charge in [-0.1, -0.05) is 29.6 Å². The molecule has 3 aliphatic rings. The molecule has 4 heteroatoms. The van der Waals surface area contributed by atoms with Crippen molar-refractivity contribution >= 4 is 28.9 Å². The van der Waals surface area contributed by atoms with E-state index in [1.165, 1.54) is 41.7 Å². The fourth-order valence-corrected chi connectivity index (χ4v) is 4.70. The molecule has 0 amide bonds. The molecule has 3 rings (SSSR count). The van der Waals surface area contributed by atoms with Crippen LogP contribution in [0, 0.1) is 6.20 Å². The summed E-state index contributed by atoms with van der Waals surface area (Å²) in [5, 5.41) is 0. The second-order valence-corrected chi connectivity index (χ2v) is 8.17. The maximum Gasteiger partial charge on any atom is 0.231 e. The van der Waals surface area contributed by atoms with E-state index in [1.54, 1.807) is 0 Å². The van der Waals surface area contributed by atoms with Crippen LogP contribution < -0.4 is 0 Å². The van der Waals surface area contributed by atoms with Gasteiger partial charge in [0.05, 0.1) is 0 Å². The Balaban J connectivity index is 2.24. The van der Waals surface area contributed by atoms with E-state index >= 15 is 0 Å². The molecule has 2 saturated carbocycles. The summed E-state index contributed by atoms with van der Waals surface area (Å²) in [6, 6.07) is 0. The summed E-state index contributed by atoms with van der Waals surface area (Å²) in [7, 11) is 8.25. The predicted molar refractivity (Wildman–Crippen MR) is 93.7 cm³/mol. The number of allylic oxidation sites excluding steroid dienone is 5. The second-order valence-electron chi connectivity index (χ2n) is 6.84. The fraction of sp³-hybridized carbons (Fsp3) is 0.611. The highest BCUT2D eigenvalue weighted by Crippen LogP contribution is 2.60. The zero-order chi connectivity index (χ0) is 16.1. The van der Waals surface area contributed by atoms with Gasteiger partial charge in [0, 0.05) is 32.5 Å². The van der Waals surface area contributed by atoms with Gasteiger partial charge in [-0.05, 0) is 24.8 Å². The molecule has 0 heterocycles. The molecule has 0 unspecified atom stereocenters. The third kappa shape index (κ3) is 2.42. The first-order chi connectivity index (χ1) is 10.3. The van der Waals surface area contributed by atoms with Gasteiger partial charge >= 0.3 is 0 Å². The number of alkyl halides is 2. The summed E-state index contributed by atoms with van der Waals surface area (Å²) < 4.78 is 1.39. The van der Waals surface area contributed by atoms with Gasteiger partial charge in [0.2, 0.25) is 15.6 Å². The van der Waals surface area contributed by atoms with E-state index in [4.69, 9.17) is 23.2 Å². The van der Waals surface area contributed by atoms with E-state index < -0.39 is 4.33 Å². The second kappa shape index (κ2) is 5.67. The predicted octanol–water partition coefficient (Wildman–Crippen LogP) is 4.10. The van der Waals surface area contributed by atoms with Crippen molar-refractivity contribution in [3.8, 4) is 0 Å². The lowest BCUT2D eigenvalue weighted by Gasteiger charge is -2.15. The van der Waals surface area contributed by atoms with Gasteiger partial charge in [-0.2, -0.15) is 0 Å². The number of rotatable bonds is 1. The summed E-state index contributed by atoms with van der Waals surface area (Å²) in [5.41, 5.74) is 7.56. The maximum absolute atomic E-state index is 6.80. The molecule has 2 bridgehead atoms. The highest BCUT2D eigenvalue weighted by molar-refractivity contribution is 6.54. The van der Waals surface area contributed by atoms with Gasteiger partial charge in [-0.15, -0.1) is 0 Å². The summed E-state index contributed by atoms with van der Waals surface area (Å²) in [6.07, 6.45) is 10.2. The van der Waals surface area contributed by atoms with E-state index in [-0.39, 0.29) is 0 Å². The van der Waals surface area contributed by atoms with Crippen LogP contribution in [0.2, 0.25) is 0 Å². The molecule has 2 nitrogen and oxygen atoms in total. The zero-order valence-corrected chi connectivity index (χ0v) is 15.4. The molecule has 0 N–H and O–H groups in total. The van der Waals surface area contributed by atoms with E-state index in [0.29, 0.717) is 0 Å². The van der Waals surface area contributed by atoms with Crippen molar-refractivity contribution in [1.29, 1.82) is 0 Å². The summed E-state index contributed by atoms with van der Waals surface area (Å²) in [4.78, 5) is 1.96. The van der Waals surface area contributed by atoms with Crippen LogP contribution in [-0.2, 0) is 0 Å². The van der Waals surface area contributed by atoms with Crippen LogP contribution in [0.1, 0.15) is 38.5 Å². The maximum atomic E-state index is 6.80. The molecular weight excluding hydrogens is 315 g/mol. The molecule has 0 saturated heterocycles. The van der Waals surface area contributed by atoms with Gasteiger partial charge < -0.3 is 0 Å². The molecule has 0 radical (unpaired) electrons. The molecule has 0 aromatic heterocycles. The Morgan fingerprint density at radius 2 is 1.77 bits per heavy atom. The van der Waals surface area contributed by atoms with Crippen molar-refractivity contribution in [1.82, 2.24) is 4.90 Å². The summed E-state index contributed by atoms with van der Waals surface area (Å²) >= 11 is 13.6. The lowest BCUT2D eigenvalue weighted by molar-refractivity contribution is -0.465. The molecule has 0 aromatic carbocycles. The van der Waals surface area contributed by atoms with E-state index in [9.17, 15) is 0 Å². The minimum Gasteiger partial charge on any atom is -0.260 e. The Morgan fingerprint density at radius 3 is 2.41 bits per heavy atom. The van der Waals surface area contributed by atoms with E-state index in [1.807, 2.05) is 19.0 Å². The van der Waals surface area contributed by atoms with Crippen molar-refractivity contribution in [2.45, 2.75) is 42.9 Å². The topological polar surface area (TPSA) is 6.25 Å². The first-order valence-corrected chi connectivity index (χ1v) is 8.78. The van der Waals surface area contributed by atoms with Crippen LogP contribution in [0.25, 0.3) is 0 Å². The Bertz CT molecular complexity index is 629. The summed E-state index contributed by atoms with van der Waals surface area (Å²) in [5.74, 6) is 0. The van der Waals surface area contributed by atoms with Gasteiger partial charge in [-0.25, -0.2) is 4.58 Å². The molecular formula is C18H24Cl2N2+2. The van der Waals surface area contributed by atoms with Crippen molar-refractivity contribution < 1.29 is 4.58 Å². The molecule has 22 heavy (non-hydrogen) atoms. The van der Waals surface area contributed by atoms with Gasteiger partial charge in [0.1, 0.15) is 25.2 Å². The first kappa shape index (κ1) is 16.1. The Kier molecular flexibility index (Phi) is 4.14. The van der Waals surface area contributed by atoms with Crippen molar-refractivity contribution in [3.63, 3.8) is 0 Å². The number of hydrogen-bond acceptors (Lipinski definition) is 1. The smallest absolute Gasteiger partial charge is 0.231 e. The van der Waals surface area contributed by atoms with Crippen LogP contribution in [0.3, 0.4) is 0 Å². The van der Waals surface area contributed by atoms with Crippen LogP contribution in [0.5, 0.6) is 0 Å². The van der Waals surface area contributed by atoms with Crippen molar-refractivity contribution in [3.05, 3.63) is 34.1 Å². The molecule has 0 atom stereocenters. The van der Waals surface area contributed by atoms with Gasteiger partial charge in [0.25, 0.3) is 0 Å². The molecule has 118 valence electrons. The molecule has 0 aliphatic heterocycles. The monoisotopic (exact) mass is 338 g/mol. The standard InChI is InChI=1S/C18H24Cl2N2/c1-21(2)11-12-10-14-13-8-6-5-7-9-15(22(3)4)16(13)17(12)18(14,19)20/h5-10H2,1-4H3/q+2. The SMILES string of the molecule is CN(C)[C+]=C1CC2=C3CCCCCC(=[N+](C)C)C3=C1C2(Cl)Cl. The Morgan fingerprint density at radius 1 is 1.09 bits per heavy atom. The summed E-state index contributed by atoms with van der Waals surface area (Å²) in [6.45, 7) is 0. The third-order valence-corrected chi connectivity index (χ3v) is 5.63. The van der Waals surface area contributed by atoms with E-state index in [2.05, 4.69) is 24.9 Å².